The van der Waals surface area contributed by atoms with E-state index in [4.69, 9.17) is 10.00 Å². The Morgan fingerprint density at radius 2 is 2.18 bits per heavy atom. The number of hydrogen-bond donors (Lipinski definition) is 0. The summed E-state index contributed by atoms with van der Waals surface area (Å²) < 4.78 is 5.60. The molecular weight excluding hydrogens is 216 g/mol. The first-order valence-corrected chi connectivity index (χ1v) is 5.54. The summed E-state index contributed by atoms with van der Waals surface area (Å²) in [4.78, 5) is 13.2. The lowest BCUT2D eigenvalue weighted by Gasteiger charge is -2.12. The summed E-state index contributed by atoms with van der Waals surface area (Å²) in [5.74, 6) is 0.463. The van der Waals surface area contributed by atoms with Crippen LogP contribution in [-0.4, -0.2) is 31.0 Å². The first-order chi connectivity index (χ1) is 8.11. The van der Waals surface area contributed by atoms with E-state index in [0.717, 1.165) is 12.8 Å². The minimum atomic E-state index is -0.112. The second-order valence-electron chi connectivity index (χ2n) is 4.34. The molecule has 0 saturated heterocycles. The largest absolute Gasteiger partial charge is 0.489 e. The van der Waals surface area contributed by atoms with Gasteiger partial charge in [-0.1, -0.05) is 0 Å². The smallest absolute Gasteiger partial charge is 0.253 e. The Bertz CT molecular complexity index is 485. The molecule has 0 spiro atoms. The molecule has 1 aromatic rings. The van der Waals surface area contributed by atoms with E-state index in [1.165, 1.54) is 4.90 Å². The van der Waals surface area contributed by atoms with Crippen LogP contribution in [0.15, 0.2) is 18.2 Å². The molecule has 2 rings (SSSR count). The molecule has 1 aliphatic rings. The standard InChI is InChI=1S/C13H14N2O2/c1-15(2)13(16)9-3-6-12(10(7-9)8-14)17-11-4-5-11/h3,6-7,11H,4-5H2,1-2H3. The van der Waals surface area contributed by atoms with Crippen LogP contribution in [0.3, 0.4) is 0 Å². The molecule has 1 saturated carbocycles. The number of benzene rings is 1. The Morgan fingerprint density at radius 3 is 2.71 bits per heavy atom. The van der Waals surface area contributed by atoms with Gasteiger partial charge < -0.3 is 9.64 Å². The Hall–Kier alpha value is -2.02. The fourth-order valence-corrected chi connectivity index (χ4v) is 1.48. The van der Waals surface area contributed by atoms with Crippen LogP contribution in [0.1, 0.15) is 28.8 Å². The molecule has 1 aliphatic carbocycles. The van der Waals surface area contributed by atoms with Crippen molar-refractivity contribution in [3.05, 3.63) is 29.3 Å². The van der Waals surface area contributed by atoms with E-state index < -0.39 is 0 Å². The van der Waals surface area contributed by atoms with Crippen LogP contribution in [0.2, 0.25) is 0 Å². The third kappa shape index (κ3) is 2.56. The quantitative estimate of drug-likeness (QED) is 0.795. The minimum Gasteiger partial charge on any atom is -0.489 e. The van der Waals surface area contributed by atoms with E-state index in [2.05, 4.69) is 6.07 Å². The molecular formula is C13H14N2O2. The van der Waals surface area contributed by atoms with Gasteiger partial charge in [-0.2, -0.15) is 5.26 Å². The predicted octanol–water partition coefficient (Wildman–Crippen LogP) is 1.80. The van der Waals surface area contributed by atoms with Crippen molar-refractivity contribution in [3.63, 3.8) is 0 Å². The monoisotopic (exact) mass is 230 g/mol. The van der Waals surface area contributed by atoms with E-state index >= 15 is 0 Å². The van der Waals surface area contributed by atoms with Gasteiger partial charge in [0.2, 0.25) is 0 Å². The number of carbonyl (C=O) groups is 1. The zero-order chi connectivity index (χ0) is 12.4. The number of amides is 1. The van der Waals surface area contributed by atoms with Crippen molar-refractivity contribution in [2.24, 2.45) is 0 Å². The topological polar surface area (TPSA) is 53.3 Å². The summed E-state index contributed by atoms with van der Waals surface area (Å²) in [6, 6.07) is 7.05. The SMILES string of the molecule is CN(C)C(=O)c1ccc(OC2CC2)c(C#N)c1. The molecule has 0 atom stereocenters. The van der Waals surface area contributed by atoms with Gasteiger partial charge in [0.25, 0.3) is 5.91 Å². The van der Waals surface area contributed by atoms with Gasteiger partial charge in [0.1, 0.15) is 11.8 Å². The fourth-order valence-electron chi connectivity index (χ4n) is 1.48. The number of hydrogen-bond acceptors (Lipinski definition) is 3. The lowest BCUT2D eigenvalue weighted by Crippen LogP contribution is -2.21. The van der Waals surface area contributed by atoms with Crippen molar-refractivity contribution < 1.29 is 9.53 Å². The van der Waals surface area contributed by atoms with Crippen molar-refractivity contribution in [2.45, 2.75) is 18.9 Å². The van der Waals surface area contributed by atoms with Crippen LogP contribution >= 0.6 is 0 Å². The maximum absolute atomic E-state index is 11.7. The highest BCUT2D eigenvalue weighted by atomic mass is 16.5. The predicted molar refractivity (Wildman–Crippen MR) is 62.8 cm³/mol. The second-order valence-corrected chi connectivity index (χ2v) is 4.34. The number of nitrogens with zero attached hydrogens (tertiary/aromatic N) is 2. The third-order valence-electron chi connectivity index (χ3n) is 2.57. The molecule has 17 heavy (non-hydrogen) atoms. The first kappa shape index (κ1) is 11.5. The van der Waals surface area contributed by atoms with Crippen LogP contribution in [0, 0.1) is 11.3 Å². The third-order valence-corrected chi connectivity index (χ3v) is 2.57. The summed E-state index contributed by atoms with van der Waals surface area (Å²) in [6.07, 6.45) is 2.34. The van der Waals surface area contributed by atoms with Crippen molar-refractivity contribution in [1.29, 1.82) is 5.26 Å². The molecule has 0 N–H and O–H groups in total. The summed E-state index contributed by atoms with van der Waals surface area (Å²) in [7, 11) is 3.37. The average Bonchev–Trinajstić information content (AvgIpc) is 3.12. The second kappa shape index (κ2) is 4.46. The number of carbonyl (C=O) groups excluding carboxylic acids is 1. The minimum absolute atomic E-state index is 0.112. The molecule has 0 heterocycles. The number of nitriles is 1. The van der Waals surface area contributed by atoms with Gasteiger partial charge in [-0.3, -0.25) is 4.79 Å². The maximum Gasteiger partial charge on any atom is 0.253 e. The van der Waals surface area contributed by atoms with Gasteiger partial charge in [0, 0.05) is 19.7 Å². The molecule has 0 unspecified atom stereocenters. The van der Waals surface area contributed by atoms with Crippen LogP contribution in [0.4, 0.5) is 0 Å². The molecule has 4 nitrogen and oxygen atoms in total. The first-order valence-electron chi connectivity index (χ1n) is 5.54. The highest BCUT2D eigenvalue weighted by Gasteiger charge is 2.25. The molecule has 1 amide bonds. The Labute approximate surface area is 100 Å². The molecule has 1 fully saturated rings. The zero-order valence-electron chi connectivity index (χ0n) is 9.93. The van der Waals surface area contributed by atoms with E-state index in [-0.39, 0.29) is 12.0 Å². The molecule has 4 heteroatoms. The van der Waals surface area contributed by atoms with Crippen LogP contribution < -0.4 is 4.74 Å². The zero-order valence-corrected chi connectivity index (χ0v) is 9.93. The van der Waals surface area contributed by atoms with Gasteiger partial charge in [-0.15, -0.1) is 0 Å². The molecule has 0 aliphatic heterocycles. The van der Waals surface area contributed by atoms with Gasteiger partial charge in [0.15, 0.2) is 0 Å². The van der Waals surface area contributed by atoms with Gasteiger partial charge >= 0.3 is 0 Å². The van der Waals surface area contributed by atoms with Crippen LogP contribution in [0.25, 0.3) is 0 Å². The van der Waals surface area contributed by atoms with E-state index in [9.17, 15) is 4.79 Å². The summed E-state index contributed by atoms with van der Waals surface area (Å²) in [6.45, 7) is 0. The fraction of sp³-hybridized carbons (Fsp3) is 0.385. The molecule has 0 aromatic heterocycles. The summed E-state index contributed by atoms with van der Waals surface area (Å²) >= 11 is 0. The van der Waals surface area contributed by atoms with Gasteiger partial charge in [0.05, 0.1) is 11.7 Å². The number of rotatable bonds is 3. The van der Waals surface area contributed by atoms with Crippen molar-refractivity contribution in [2.75, 3.05) is 14.1 Å². The Morgan fingerprint density at radius 1 is 1.47 bits per heavy atom. The highest BCUT2D eigenvalue weighted by Crippen LogP contribution is 2.29. The van der Waals surface area contributed by atoms with E-state index in [1.807, 2.05) is 0 Å². The highest BCUT2D eigenvalue weighted by molar-refractivity contribution is 5.94. The van der Waals surface area contributed by atoms with Crippen molar-refractivity contribution >= 4 is 5.91 Å². The molecule has 88 valence electrons. The lowest BCUT2D eigenvalue weighted by atomic mass is 10.1. The maximum atomic E-state index is 11.7. The van der Waals surface area contributed by atoms with E-state index in [0.29, 0.717) is 16.9 Å². The Kier molecular flexibility index (Phi) is 3.01. The lowest BCUT2D eigenvalue weighted by molar-refractivity contribution is 0.0827. The van der Waals surface area contributed by atoms with Crippen molar-refractivity contribution in [3.8, 4) is 11.8 Å². The van der Waals surface area contributed by atoms with Crippen LogP contribution in [-0.2, 0) is 0 Å². The van der Waals surface area contributed by atoms with Crippen LogP contribution in [0.5, 0.6) is 5.75 Å². The molecule has 0 bridgehead atoms. The molecule has 1 aromatic carbocycles. The Balaban J connectivity index is 2.27. The molecule has 0 radical (unpaired) electrons. The van der Waals surface area contributed by atoms with Crippen molar-refractivity contribution in [1.82, 2.24) is 4.90 Å². The number of ether oxygens (including phenoxy) is 1. The summed E-state index contributed by atoms with van der Waals surface area (Å²) in [5.41, 5.74) is 0.930. The normalized spacial score (nSPS) is 13.9. The van der Waals surface area contributed by atoms with Gasteiger partial charge in [-0.25, -0.2) is 0 Å². The summed E-state index contributed by atoms with van der Waals surface area (Å²) in [5, 5.41) is 9.04. The van der Waals surface area contributed by atoms with Gasteiger partial charge in [-0.05, 0) is 31.0 Å². The average molecular weight is 230 g/mol. The van der Waals surface area contributed by atoms with E-state index in [1.54, 1.807) is 32.3 Å².